The highest BCUT2D eigenvalue weighted by Gasteiger charge is 2.51. The summed E-state index contributed by atoms with van der Waals surface area (Å²) in [4.78, 5) is 23.7. The van der Waals surface area contributed by atoms with E-state index in [4.69, 9.17) is 4.74 Å². The maximum absolute atomic E-state index is 12.5. The molecule has 0 spiro atoms. The van der Waals surface area contributed by atoms with Gasteiger partial charge < -0.3 is 4.74 Å². The summed E-state index contributed by atoms with van der Waals surface area (Å²) in [5, 5.41) is 0. The van der Waals surface area contributed by atoms with Gasteiger partial charge in [0.25, 0.3) is 0 Å². The van der Waals surface area contributed by atoms with E-state index in [1.165, 1.54) is 18.9 Å². The first-order valence-corrected chi connectivity index (χ1v) is 8.32. The second-order valence-corrected chi connectivity index (χ2v) is 7.45. The van der Waals surface area contributed by atoms with Crippen LogP contribution in [0.4, 0.5) is 0 Å². The fourth-order valence-corrected chi connectivity index (χ4v) is 4.93. The molecule has 21 heavy (non-hydrogen) atoms. The molecule has 2 fully saturated rings. The molecule has 0 aliphatic heterocycles. The van der Waals surface area contributed by atoms with Crippen LogP contribution in [-0.2, 0) is 14.3 Å². The van der Waals surface area contributed by atoms with Crippen molar-refractivity contribution in [3.8, 4) is 0 Å². The molecule has 0 N–H and O–H groups in total. The number of carbonyl (C=O) groups excluding carboxylic acids is 2. The number of hydrogen-bond donors (Lipinski definition) is 0. The maximum Gasteiger partial charge on any atom is 0.302 e. The molecule has 3 aliphatic rings. The number of esters is 1. The molecule has 3 heteroatoms. The summed E-state index contributed by atoms with van der Waals surface area (Å²) >= 11 is 0. The van der Waals surface area contributed by atoms with E-state index in [0.29, 0.717) is 11.7 Å². The lowest BCUT2D eigenvalue weighted by molar-refractivity contribution is -0.148. The standard InChI is InChI=1S/C18H26O3/c1-11-4-7-16-15(17(11)20)6-5-13-10-14(21-12(2)19)8-9-18(13,16)3/h5,11,14-16H,4,6-10H2,1-3H3/t11-,14+,15+,16-,18-/m0/s1. The van der Waals surface area contributed by atoms with Gasteiger partial charge in [0.2, 0.25) is 0 Å². The van der Waals surface area contributed by atoms with Gasteiger partial charge in [0.1, 0.15) is 11.9 Å². The summed E-state index contributed by atoms with van der Waals surface area (Å²) < 4.78 is 5.41. The molecular weight excluding hydrogens is 264 g/mol. The third-order valence-corrected chi connectivity index (χ3v) is 6.18. The Morgan fingerprint density at radius 1 is 1.33 bits per heavy atom. The van der Waals surface area contributed by atoms with Crippen molar-refractivity contribution < 1.29 is 14.3 Å². The minimum Gasteiger partial charge on any atom is -0.462 e. The van der Waals surface area contributed by atoms with Crippen molar-refractivity contribution in [3.63, 3.8) is 0 Å². The molecule has 0 saturated heterocycles. The molecule has 0 amide bonds. The minimum absolute atomic E-state index is 0.0385. The van der Waals surface area contributed by atoms with Crippen LogP contribution in [0.25, 0.3) is 0 Å². The van der Waals surface area contributed by atoms with Gasteiger partial charge in [0.05, 0.1) is 0 Å². The lowest BCUT2D eigenvalue weighted by Gasteiger charge is -2.52. The second-order valence-electron chi connectivity index (χ2n) is 7.45. The summed E-state index contributed by atoms with van der Waals surface area (Å²) in [6.45, 7) is 5.90. The van der Waals surface area contributed by atoms with Gasteiger partial charge >= 0.3 is 5.97 Å². The SMILES string of the molecule is CC(=O)O[C@@H]1CC[C@@]2(C)C(=CC[C@H]3C(=O)[C@@H](C)CC[C@@H]32)C1. The Morgan fingerprint density at radius 3 is 2.81 bits per heavy atom. The van der Waals surface area contributed by atoms with Gasteiger partial charge in [-0.25, -0.2) is 0 Å². The third kappa shape index (κ3) is 2.45. The van der Waals surface area contributed by atoms with E-state index >= 15 is 0 Å². The summed E-state index contributed by atoms with van der Waals surface area (Å²) in [7, 11) is 0. The molecule has 3 rings (SSSR count). The number of carbonyl (C=O) groups is 2. The molecule has 0 aromatic carbocycles. The molecule has 0 bridgehead atoms. The van der Waals surface area contributed by atoms with Crippen LogP contribution < -0.4 is 0 Å². The Kier molecular flexibility index (Phi) is 3.71. The van der Waals surface area contributed by atoms with Gasteiger partial charge in [-0.05, 0) is 43.4 Å². The van der Waals surface area contributed by atoms with Crippen molar-refractivity contribution in [2.75, 3.05) is 0 Å². The summed E-state index contributed by atoms with van der Waals surface area (Å²) in [6, 6.07) is 0. The van der Waals surface area contributed by atoms with Crippen molar-refractivity contribution in [2.45, 2.75) is 65.4 Å². The fraction of sp³-hybridized carbons (Fsp3) is 0.778. The van der Waals surface area contributed by atoms with Gasteiger partial charge in [0.15, 0.2) is 0 Å². The average molecular weight is 290 g/mol. The summed E-state index contributed by atoms with van der Waals surface area (Å²) in [5.41, 5.74) is 1.58. The smallest absolute Gasteiger partial charge is 0.302 e. The first kappa shape index (κ1) is 14.8. The molecule has 3 aliphatic carbocycles. The molecular formula is C18H26O3. The Balaban J connectivity index is 1.82. The Bertz CT molecular complexity index is 493. The molecule has 2 saturated carbocycles. The van der Waals surface area contributed by atoms with E-state index in [-0.39, 0.29) is 29.3 Å². The Hall–Kier alpha value is -1.12. The van der Waals surface area contributed by atoms with Crippen LogP contribution in [0.2, 0.25) is 0 Å². The lowest BCUT2D eigenvalue weighted by Crippen LogP contribution is -2.48. The van der Waals surface area contributed by atoms with Crippen LogP contribution in [0.1, 0.15) is 59.3 Å². The van der Waals surface area contributed by atoms with Crippen molar-refractivity contribution in [2.24, 2.45) is 23.2 Å². The fourth-order valence-electron chi connectivity index (χ4n) is 4.93. The predicted molar refractivity (Wildman–Crippen MR) is 80.6 cm³/mol. The van der Waals surface area contributed by atoms with Crippen molar-refractivity contribution in [1.82, 2.24) is 0 Å². The number of ether oxygens (including phenoxy) is 1. The van der Waals surface area contributed by atoms with Gasteiger partial charge in [-0.1, -0.05) is 25.5 Å². The number of hydrogen-bond acceptors (Lipinski definition) is 3. The number of Topliss-reactive ketones (excluding diaryl/α,β-unsaturated/α-hetero) is 1. The number of ketones is 1. The predicted octanol–water partition coefficient (Wildman–Crippen LogP) is 3.67. The largest absolute Gasteiger partial charge is 0.462 e. The molecule has 0 heterocycles. The quantitative estimate of drug-likeness (QED) is 0.546. The maximum atomic E-state index is 12.5. The van der Waals surface area contributed by atoms with Crippen LogP contribution in [0.5, 0.6) is 0 Å². The minimum atomic E-state index is -0.181. The van der Waals surface area contributed by atoms with Crippen LogP contribution in [0, 0.1) is 23.2 Å². The van der Waals surface area contributed by atoms with Crippen LogP contribution in [0.15, 0.2) is 11.6 Å². The number of allylic oxidation sites excluding steroid dienone is 1. The van der Waals surface area contributed by atoms with E-state index in [1.54, 1.807) is 0 Å². The normalized spacial score (nSPS) is 42.6. The highest BCUT2D eigenvalue weighted by atomic mass is 16.5. The van der Waals surface area contributed by atoms with E-state index < -0.39 is 0 Å². The molecule has 0 radical (unpaired) electrons. The van der Waals surface area contributed by atoms with E-state index in [1.807, 2.05) is 0 Å². The van der Waals surface area contributed by atoms with Crippen LogP contribution >= 0.6 is 0 Å². The monoisotopic (exact) mass is 290 g/mol. The highest BCUT2D eigenvalue weighted by molar-refractivity contribution is 5.84. The molecule has 3 nitrogen and oxygen atoms in total. The lowest BCUT2D eigenvalue weighted by atomic mass is 9.52. The van der Waals surface area contributed by atoms with E-state index in [0.717, 1.165) is 32.1 Å². The molecule has 0 aromatic rings. The second kappa shape index (κ2) is 5.26. The summed E-state index contributed by atoms with van der Waals surface area (Å²) in [5.74, 6) is 1.26. The molecule has 0 aromatic heterocycles. The van der Waals surface area contributed by atoms with Crippen LogP contribution in [-0.4, -0.2) is 17.9 Å². The summed E-state index contributed by atoms with van der Waals surface area (Å²) in [6.07, 6.45) is 8.26. The topological polar surface area (TPSA) is 43.4 Å². The average Bonchev–Trinajstić information content (AvgIpc) is 2.42. The van der Waals surface area contributed by atoms with Crippen molar-refractivity contribution in [1.29, 1.82) is 0 Å². The van der Waals surface area contributed by atoms with Gasteiger partial charge in [-0.15, -0.1) is 0 Å². The zero-order valence-corrected chi connectivity index (χ0v) is 13.4. The first-order chi connectivity index (χ1) is 9.91. The third-order valence-electron chi connectivity index (χ3n) is 6.18. The zero-order chi connectivity index (χ0) is 15.2. The van der Waals surface area contributed by atoms with Crippen LogP contribution in [0.3, 0.4) is 0 Å². The molecule has 5 atom stereocenters. The van der Waals surface area contributed by atoms with Gasteiger partial charge in [-0.3, -0.25) is 9.59 Å². The van der Waals surface area contributed by atoms with E-state index in [2.05, 4.69) is 19.9 Å². The Labute approximate surface area is 127 Å². The Morgan fingerprint density at radius 2 is 2.10 bits per heavy atom. The van der Waals surface area contributed by atoms with Crippen molar-refractivity contribution in [3.05, 3.63) is 11.6 Å². The van der Waals surface area contributed by atoms with Gasteiger partial charge in [-0.2, -0.15) is 0 Å². The first-order valence-electron chi connectivity index (χ1n) is 8.32. The number of fused-ring (bicyclic) bond motifs is 3. The van der Waals surface area contributed by atoms with E-state index in [9.17, 15) is 9.59 Å². The zero-order valence-electron chi connectivity index (χ0n) is 13.4. The molecule has 0 unspecified atom stereocenters. The molecule has 116 valence electrons. The van der Waals surface area contributed by atoms with Crippen molar-refractivity contribution >= 4 is 11.8 Å². The highest BCUT2D eigenvalue weighted by Crippen LogP contribution is 2.56. The number of rotatable bonds is 1. The van der Waals surface area contributed by atoms with Gasteiger partial charge in [0, 0.05) is 25.2 Å².